The standard InChI is InChI=1S/C17H33NO3/c1-16(2,3)18(17(4,5)6)14(19)12-10-8-7-9-11-13-15(20)21/h7-13H2,1-6H3,(H,20,21). The van der Waals surface area contributed by atoms with Gasteiger partial charge < -0.3 is 10.0 Å². The van der Waals surface area contributed by atoms with Crippen LogP contribution in [-0.4, -0.2) is 33.0 Å². The maximum absolute atomic E-state index is 12.5. The number of carboxylic acids is 1. The zero-order chi connectivity index (χ0) is 16.7. The molecule has 0 aromatic carbocycles. The van der Waals surface area contributed by atoms with Gasteiger partial charge in [-0.1, -0.05) is 19.3 Å². The van der Waals surface area contributed by atoms with Gasteiger partial charge >= 0.3 is 5.97 Å². The molecule has 0 atom stereocenters. The number of nitrogens with zero attached hydrogens (tertiary/aromatic N) is 1. The molecular formula is C17H33NO3. The van der Waals surface area contributed by atoms with E-state index in [4.69, 9.17) is 5.11 Å². The third-order valence-corrected chi connectivity index (χ3v) is 3.37. The molecule has 0 heterocycles. The monoisotopic (exact) mass is 299 g/mol. The van der Waals surface area contributed by atoms with E-state index in [1.165, 1.54) is 0 Å². The van der Waals surface area contributed by atoms with Gasteiger partial charge in [0.1, 0.15) is 0 Å². The van der Waals surface area contributed by atoms with Crippen LogP contribution in [0.3, 0.4) is 0 Å². The Kier molecular flexibility index (Phi) is 7.98. The Morgan fingerprint density at radius 2 is 1.14 bits per heavy atom. The maximum atomic E-state index is 12.5. The van der Waals surface area contributed by atoms with Gasteiger partial charge in [-0.2, -0.15) is 0 Å². The van der Waals surface area contributed by atoms with E-state index >= 15 is 0 Å². The van der Waals surface area contributed by atoms with E-state index in [1.807, 2.05) is 4.90 Å². The summed E-state index contributed by atoms with van der Waals surface area (Å²) in [6.45, 7) is 12.4. The summed E-state index contributed by atoms with van der Waals surface area (Å²) < 4.78 is 0. The Balaban J connectivity index is 4.09. The van der Waals surface area contributed by atoms with Gasteiger partial charge in [0.05, 0.1) is 0 Å². The highest BCUT2D eigenvalue weighted by Crippen LogP contribution is 2.26. The number of hydrogen-bond donors (Lipinski definition) is 1. The van der Waals surface area contributed by atoms with Crippen molar-refractivity contribution in [1.29, 1.82) is 0 Å². The normalized spacial score (nSPS) is 12.3. The number of rotatable bonds is 8. The lowest BCUT2D eigenvalue weighted by molar-refractivity contribution is -0.143. The highest BCUT2D eigenvalue weighted by molar-refractivity contribution is 5.77. The average Bonchev–Trinajstić information content (AvgIpc) is 2.22. The van der Waals surface area contributed by atoms with E-state index in [9.17, 15) is 9.59 Å². The summed E-state index contributed by atoms with van der Waals surface area (Å²) in [5.41, 5.74) is -0.340. The summed E-state index contributed by atoms with van der Waals surface area (Å²) in [5, 5.41) is 8.55. The van der Waals surface area contributed by atoms with Crippen LogP contribution < -0.4 is 0 Å². The van der Waals surface area contributed by atoms with Crippen LogP contribution in [0.4, 0.5) is 0 Å². The first-order valence-corrected chi connectivity index (χ1v) is 8.01. The molecule has 0 rings (SSSR count). The van der Waals surface area contributed by atoms with Crippen molar-refractivity contribution in [1.82, 2.24) is 4.90 Å². The minimum atomic E-state index is -0.726. The molecule has 1 N–H and O–H groups in total. The van der Waals surface area contributed by atoms with Crippen LogP contribution in [0.2, 0.25) is 0 Å². The molecule has 21 heavy (non-hydrogen) atoms. The van der Waals surface area contributed by atoms with E-state index in [2.05, 4.69) is 41.5 Å². The fourth-order valence-electron chi connectivity index (χ4n) is 2.95. The van der Waals surface area contributed by atoms with Crippen LogP contribution in [0, 0.1) is 0 Å². The molecule has 0 aromatic rings. The van der Waals surface area contributed by atoms with Crippen molar-refractivity contribution in [3.8, 4) is 0 Å². The molecule has 0 saturated heterocycles. The van der Waals surface area contributed by atoms with Gasteiger partial charge in [-0.05, 0) is 54.4 Å². The molecule has 0 unspecified atom stereocenters. The molecule has 1 amide bonds. The molecule has 0 bridgehead atoms. The van der Waals surface area contributed by atoms with Crippen molar-refractivity contribution in [2.45, 2.75) is 97.6 Å². The lowest BCUT2D eigenvalue weighted by Crippen LogP contribution is -2.55. The molecule has 0 radical (unpaired) electrons. The van der Waals surface area contributed by atoms with Crippen LogP contribution in [0.5, 0.6) is 0 Å². The first kappa shape index (κ1) is 19.9. The first-order chi connectivity index (χ1) is 9.46. The SMILES string of the molecule is CC(C)(C)N(C(=O)CCCCCCCC(=O)O)C(C)(C)C. The van der Waals surface area contributed by atoms with Crippen LogP contribution >= 0.6 is 0 Å². The Morgan fingerprint density at radius 3 is 1.52 bits per heavy atom. The second kappa shape index (κ2) is 8.40. The fraction of sp³-hybridized carbons (Fsp3) is 0.882. The largest absolute Gasteiger partial charge is 0.481 e. The lowest BCUT2D eigenvalue weighted by atomic mass is 9.94. The molecular weight excluding hydrogens is 266 g/mol. The highest BCUT2D eigenvalue weighted by atomic mass is 16.4. The number of unbranched alkanes of at least 4 members (excludes halogenated alkanes) is 4. The smallest absolute Gasteiger partial charge is 0.303 e. The molecule has 0 aromatic heterocycles. The fourth-order valence-corrected chi connectivity index (χ4v) is 2.95. The van der Waals surface area contributed by atoms with Gasteiger partial charge in [-0.15, -0.1) is 0 Å². The number of amides is 1. The minimum absolute atomic E-state index is 0.170. The Morgan fingerprint density at radius 1 is 0.762 bits per heavy atom. The Hall–Kier alpha value is -1.06. The van der Waals surface area contributed by atoms with E-state index in [1.54, 1.807) is 0 Å². The van der Waals surface area contributed by atoms with E-state index < -0.39 is 5.97 Å². The number of hydrogen-bond acceptors (Lipinski definition) is 2. The van der Waals surface area contributed by atoms with E-state index in [-0.39, 0.29) is 23.4 Å². The zero-order valence-corrected chi connectivity index (χ0v) is 14.7. The van der Waals surface area contributed by atoms with Crippen LogP contribution in [0.25, 0.3) is 0 Å². The summed E-state index contributed by atoms with van der Waals surface area (Å²) in [4.78, 5) is 24.8. The third-order valence-electron chi connectivity index (χ3n) is 3.37. The second-order valence-electron chi connectivity index (χ2n) is 7.73. The number of carbonyl (C=O) groups is 2. The van der Waals surface area contributed by atoms with Crippen molar-refractivity contribution in [2.75, 3.05) is 0 Å². The lowest BCUT2D eigenvalue weighted by Gasteiger charge is -2.45. The van der Waals surface area contributed by atoms with Gasteiger partial charge in [-0.3, -0.25) is 9.59 Å². The molecule has 4 nitrogen and oxygen atoms in total. The van der Waals surface area contributed by atoms with Gasteiger partial charge in [0.25, 0.3) is 0 Å². The zero-order valence-electron chi connectivity index (χ0n) is 14.7. The third kappa shape index (κ3) is 8.74. The average molecular weight is 299 g/mol. The molecule has 0 aliphatic heterocycles. The van der Waals surface area contributed by atoms with Crippen LogP contribution in [0.1, 0.15) is 86.5 Å². The van der Waals surface area contributed by atoms with Gasteiger partial charge in [-0.25, -0.2) is 0 Å². The van der Waals surface area contributed by atoms with Gasteiger partial charge in [0.15, 0.2) is 0 Å². The summed E-state index contributed by atoms with van der Waals surface area (Å²) in [6.07, 6.45) is 5.38. The van der Waals surface area contributed by atoms with Crippen molar-refractivity contribution in [3.63, 3.8) is 0 Å². The van der Waals surface area contributed by atoms with Crippen molar-refractivity contribution in [2.24, 2.45) is 0 Å². The molecule has 0 saturated carbocycles. The van der Waals surface area contributed by atoms with Gasteiger partial charge in [0.2, 0.25) is 5.91 Å². The predicted molar refractivity (Wildman–Crippen MR) is 86.3 cm³/mol. The summed E-state index contributed by atoms with van der Waals surface area (Å²) >= 11 is 0. The first-order valence-electron chi connectivity index (χ1n) is 8.01. The minimum Gasteiger partial charge on any atom is -0.481 e. The number of aliphatic carboxylic acids is 1. The highest BCUT2D eigenvalue weighted by Gasteiger charge is 2.34. The number of carbonyl (C=O) groups excluding carboxylic acids is 1. The van der Waals surface area contributed by atoms with Crippen molar-refractivity contribution >= 4 is 11.9 Å². The summed E-state index contributed by atoms with van der Waals surface area (Å²) in [7, 11) is 0. The molecule has 0 aliphatic rings. The topological polar surface area (TPSA) is 57.6 Å². The van der Waals surface area contributed by atoms with E-state index in [0.717, 1.165) is 32.1 Å². The molecule has 0 aliphatic carbocycles. The number of carboxylic acid groups (broad SMARTS) is 1. The second-order valence-corrected chi connectivity index (χ2v) is 7.73. The predicted octanol–water partition coefficient (Wildman–Crippen LogP) is 4.23. The molecule has 124 valence electrons. The van der Waals surface area contributed by atoms with Crippen molar-refractivity contribution in [3.05, 3.63) is 0 Å². The summed E-state index contributed by atoms with van der Waals surface area (Å²) in [6, 6.07) is 0. The quantitative estimate of drug-likeness (QED) is 0.682. The Bertz CT molecular complexity index is 323. The summed E-state index contributed by atoms with van der Waals surface area (Å²) in [5.74, 6) is -0.517. The van der Waals surface area contributed by atoms with Crippen molar-refractivity contribution < 1.29 is 14.7 Å². The molecule has 0 spiro atoms. The maximum Gasteiger partial charge on any atom is 0.303 e. The molecule has 4 heteroatoms. The van der Waals surface area contributed by atoms with Crippen LogP contribution in [-0.2, 0) is 9.59 Å². The van der Waals surface area contributed by atoms with Crippen LogP contribution in [0.15, 0.2) is 0 Å². The molecule has 0 fully saturated rings. The van der Waals surface area contributed by atoms with Gasteiger partial charge in [0, 0.05) is 23.9 Å². The Labute approximate surface area is 129 Å². The van der Waals surface area contributed by atoms with E-state index in [0.29, 0.717) is 6.42 Å².